The molecule has 1 aromatic carbocycles. The molecule has 170 valence electrons. The molecule has 0 saturated carbocycles. The molecule has 0 aliphatic heterocycles. The third kappa shape index (κ3) is 11.2. The van der Waals surface area contributed by atoms with Crippen LogP contribution in [0, 0.1) is 0 Å². The molecule has 0 aromatic heterocycles. The van der Waals surface area contributed by atoms with Crippen LogP contribution in [0.4, 0.5) is 5.69 Å². The van der Waals surface area contributed by atoms with Gasteiger partial charge in [0.1, 0.15) is 0 Å². The summed E-state index contributed by atoms with van der Waals surface area (Å²) in [5.41, 5.74) is 1.13. The summed E-state index contributed by atoms with van der Waals surface area (Å²) in [7, 11) is 7.08. The minimum Gasteiger partial charge on any atom is -0.385 e. The molecular formula is C19H40N2O6Si2. The minimum absolute atomic E-state index is 0.816. The van der Waals surface area contributed by atoms with E-state index in [9.17, 15) is 0 Å². The fraction of sp³-hybridized carbons (Fsp3) is 0.684. The summed E-state index contributed by atoms with van der Waals surface area (Å²) in [6, 6.07) is 11.8. The maximum atomic E-state index is 5.36. The van der Waals surface area contributed by atoms with Gasteiger partial charge in [0.2, 0.25) is 0 Å². The average Bonchev–Trinajstić information content (AvgIpc) is 2.79. The highest BCUT2D eigenvalue weighted by Gasteiger charge is 2.37. The van der Waals surface area contributed by atoms with E-state index in [1.807, 2.05) is 37.4 Å². The van der Waals surface area contributed by atoms with Gasteiger partial charge in [-0.1, -0.05) is 18.2 Å². The van der Waals surface area contributed by atoms with E-state index in [1.165, 1.54) is 0 Å². The van der Waals surface area contributed by atoms with Crippen molar-refractivity contribution in [2.45, 2.75) is 24.9 Å². The van der Waals surface area contributed by atoms with Gasteiger partial charge in [0.15, 0.2) is 0 Å². The van der Waals surface area contributed by atoms with Gasteiger partial charge < -0.3 is 37.2 Å². The second-order valence-corrected chi connectivity index (χ2v) is 12.4. The Kier molecular flexibility index (Phi) is 16.4. The zero-order valence-corrected chi connectivity index (χ0v) is 21.1. The Bertz CT molecular complexity index is 474. The lowest BCUT2D eigenvalue weighted by molar-refractivity contribution is 0.122. The first-order valence-electron chi connectivity index (χ1n) is 9.75. The number of rotatable bonds is 15. The zero-order valence-electron chi connectivity index (χ0n) is 19.1. The van der Waals surface area contributed by atoms with Crippen LogP contribution in [-0.4, -0.2) is 80.4 Å². The predicted molar refractivity (Wildman–Crippen MR) is 121 cm³/mol. The van der Waals surface area contributed by atoms with Gasteiger partial charge in [-0.15, -0.1) is 0 Å². The van der Waals surface area contributed by atoms with Crippen LogP contribution in [0.1, 0.15) is 12.8 Å². The molecule has 0 spiro atoms. The molecule has 0 unspecified atom stereocenters. The van der Waals surface area contributed by atoms with Gasteiger partial charge in [-0.25, -0.2) is 0 Å². The highest BCUT2D eigenvalue weighted by Crippen LogP contribution is 2.15. The molecule has 0 aliphatic rings. The molecule has 0 saturated heterocycles. The highest BCUT2D eigenvalue weighted by atomic mass is 28.4. The second kappa shape index (κ2) is 16.9. The molecule has 29 heavy (non-hydrogen) atoms. The largest absolute Gasteiger partial charge is 0.500 e. The summed E-state index contributed by atoms with van der Waals surface area (Å²) in [4.78, 5) is 0. The molecule has 0 aliphatic carbocycles. The molecule has 8 nitrogen and oxygen atoms in total. The van der Waals surface area contributed by atoms with E-state index in [-0.39, 0.29) is 0 Å². The number of para-hydroxylation sites is 1. The van der Waals surface area contributed by atoms with Gasteiger partial charge in [-0.05, 0) is 38.6 Å². The quantitative estimate of drug-likeness (QED) is 0.313. The smallest absolute Gasteiger partial charge is 0.385 e. The van der Waals surface area contributed by atoms with Crippen LogP contribution in [0.3, 0.4) is 0 Å². The maximum Gasteiger partial charge on any atom is 0.500 e. The molecule has 0 radical (unpaired) electrons. The molecule has 0 amide bonds. The van der Waals surface area contributed by atoms with Crippen LogP contribution < -0.4 is 10.6 Å². The molecule has 1 rings (SSSR count). The second-order valence-electron chi connectivity index (χ2n) is 6.19. The summed E-state index contributed by atoms with van der Waals surface area (Å²) in [5, 5.41) is 6.41. The van der Waals surface area contributed by atoms with Crippen molar-refractivity contribution in [3.05, 3.63) is 30.3 Å². The Labute approximate surface area is 178 Å². The Morgan fingerprint density at radius 2 is 1.07 bits per heavy atom. The number of benzene rings is 1. The number of nitrogens with one attached hydrogen (secondary N) is 2. The van der Waals surface area contributed by atoms with Crippen LogP contribution >= 0.6 is 0 Å². The van der Waals surface area contributed by atoms with E-state index in [4.69, 9.17) is 26.6 Å². The van der Waals surface area contributed by atoms with Crippen LogP contribution in [0.25, 0.3) is 0 Å². The van der Waals surface area contributed by atoms with Gasteiger partial charge >= 0.3 is 17.6 Å². The van der Waals surface area contributed by atoms with E-state index < -0.39 is 17.6 Å². The standard InChI is InChI=1S/C12H21NO3Si.C7H19NO3Si/c1-14-17(15-2,16-3)11-7-10-13-12-8-5-4-6-9-12;1-8-6-5-7-12(9-2,10-3)11-4/h4-6,8-9,13H,7,10-11H2,1-3H3;8H,5-7H2,1-4H3. The molecule has 0 heterocycles. The van der Waals surface area contributed by atoms with E-state index in [2.05, 4.69) is 10.6 Å². The summed E-state index contributed by atoms with van der Waals surface area (Å²) in [6.07, 6.45) is 1.97. The lowest BCUT2D eigenvalue weighted by Gasteiger charge is -2.24. The van der Waals surface area contributed by atoms with Gasteiger partial charge in [-0.3, -0.25) is 0 Å². The predicted octanol–water partition coefficient (Wildman–Crippen LogP) is 2.84. The molecule has 0 atom stereocenters. The molecule has 0 fully saturated rings. The zero-order chi connectivity index (χ0) is 22.0. The first-order chi connectivity index (χ1) is 14.0. The fourth-order valence-electron chi connectivity index (χ4n) is 2.69. The topological polar surface area (TPSA) is 79.4 Å². The van der Waals surface area contributed by atoms with Crippen LogP contribution in [0.2, 0.25) is 12.1 Å². The van der Waals surface area contributed by atoms with Crippen molar-refractivity contribution in [2.75, 3.05) is 68.1 Å². The van der Waals surface area contributed by atoms with E-state index >= 15 is 0 Å². The van der Waals surface area contributed by atoms with Crippen molar-refractivity contribution < 1.29 is 26.6 Å². The first-order valence-corrected chi connectivity index (χ1v) is 13.6. The average molecular weight is 449 g/mol. The molecule has 0 bridgehead atoms. The van der Waals surface area contributed by atoms with Crippen molar-refractivity contribution in [1.29, 1.82) is 0 Å². The van der Waals surface area contributed by atoms with E-state index in [0.717, 1.165) is 43.7 Å². The van der Waals surface area contributed by atoms with E-state index in [1.54, 1.807) is 42.7 Å². The number of hydrogen-bond acceptors (Lipinski definition) is 8. The van der Waals surface area contributed by atoms with Gasteiger partial charge in [0, 0.05) is 67.0 Å². The fourth-order valence-corrected chi connectivity index (χ4v) is 6.13. The molecule has 2 N–H and O–H groups in total. The van der Waals surface area contributed by atoms with Gasteiger partial charge in [0.25, 0.3) is 0 Å². The van der Waals surface area contributed by atoms with Crippen molar-refractivity contribution in [2.24, 2.45) is 0 Å². The Morgan fingerprint density at radius 3 is 1.45 bits per heavy atom. The van der Waals surface area contributed by atoms with Gasteiger partial charge in [0.05, 0.1) is 0 Å². The van der Waals surface area contributed by atoms with Crippen LogP contribution in [0.15, 0.2) is 30.3 Å². The van der Waals surface area contributed by atoms with Crippen molar-refractivity contribution >= 4 is 23.3 Å². The summed E-state index contributed by atoms with van der Waals surface area (Å²) in [5.74, 6) is 0. The summed E-state index contributed by atoms with van der Waals surface area (Å²) >= 11 is 0. The Balaban J connectivity index is 0.000000578. The number of anilines is 1. The summed E-state index contributed by atoms with van der Waals surface area (Å²) in [6.45, 7) is 1.85. The monoisotopic (exact) mass is 448 g/mol. The third-order valence-corrected chi connectivity index (χ3v) is 10.2. The summed E-state index contributed by atoms with van der Waals surface area (Å²) < 4.78 is 31.8. The maximum absolute atomic E-state index is 5.36. The van der Waals surface area contributed by atoms with Crippen LogP contribution in [0.5, 0.6) is 0 Å². The van der Waals surface area contributed by atoms with Crippen molar-refractivity contribution in [3.8, 4) is 0 Å². The molecule has 1 aromatic rings. The van der Waals surface area contributed by atoms with Crippen molar-refractivity contribution in [3.63, 3.8) is 0 Å². The molecule has 10 heteroatoms. The lowest BCUT2D eigenvalue weighted by atomic mass is 10.3. The van der Waals surface area contributed by atoms with E-state index in [0.29, 0.717) is 0 Å². The Hall–Kier alpha value is -0.826. The lowest BCUT2D eigenvalue weighted by Crippen LogP contribution is -2.43. The molecular weight excluding hydrogens is 408 g/mol. The number of hydrogen-bond donors (Lipinski definition) is 2. The van der Waals surface area contributed by atoms with Crippen molar-refractivity contribution in [1.82, 2.24) is 5.32 Å². The minimum atomic E-state index is -2.40. The first kappa shape index (κ1) is 28.2. The van der Waals surface area contributed by atoms with Crippen LogP contribution in [-0.2, 0) is 26.6 Å². The van der Waals surface area contributed by atoms with Gasteiger partial charge in [-0.2, -0.15) is 0 Å². The SMILES string of the molecule is CNCCC[Si](OC)(OC)OC.CO[Si](CCCNc1ccccc1)(OC)OC. The third-order valence-electron chi connectivity index (χ3n) is 4.54. The normalized spacial score (nSPS) is 11.7. The Morgan fingerprint density at radius 1 is 0.655 bits per heavy atom. The highest BCUT2D eigenvalue weighted by molar-refractivity contribution is 6.60.